The first-order valence-electron chi connectivity index (χ1n) is 4.44. The maximum Gasteiger partial charge on any atom is 0.394 e. The molecule has 0 aliphatic carbocycles. The van der Waals surface area contributed by atoms with E-state index < -0.39 is 10.4 Å². The Morgan fingerprint density at radius 3 is 2.06 bits per heavy atom. The lowest BCUT2D eigenvalue weighted by Crippen LogP contribution is -2.15. The van der Waals surface area contributed by atoms with E-state index in [1.165, 1.54) is 11.1 Å². The molecule has 0 saturated heterocycles. The van der Waals surface area contributed by atoms with Gasteiger partial charge < -0.3 is 5.43 Å². The summed E-state index contributed by atoms with van der Waals surface area (Å²) in [7, 11) is -2.81. The molecule has 6 nitrogen and oxygen atoms in total. The van der Waals surface area contributed by atoms with Crippen LogP contribution in [0.5, 0.6) is 0 Å². The van der Waals surface area contributed by atoms with E-state index in [1.807, 2.05) is 7.05 Å². The van der Waals surface area contributed by atoms with Crippen LogP contribution in [0.4, 0.5) is 5.69 Å². The van der Waals surface area contributed by atoms with Crippen molar-refractivity contribution in [3.63, 3.8) is 0 Å². The molecular weight excluding hydrogens is 232 g/mol. The maximum atomic E-state index is 8.74. The fourth-order valence-corrected chi connectivity index (χ4v) is 1.09. The van der Waals surface area contributed by atoms with Crippen molar-refractivity contribution in [2.45, 2.75) is 13.8 Å². The van der Waals surface area contributed by atoms with Crippen LogP contribution in [0.2, 0.25) is 0 Å². The Morgan fingerprint density at radius 1 is 1.19 bits per heavy atom. The molecule has 1 aromatic carbocycles. The molecule has 0 atom stereocenters. The number of hydrogen-bond donors (Lipinski definition) is 4. The smallest absolute Gasteiger partial charge is 0.321 e. The first-order chi connectivity index (χ1) is 7.24. The molecule has 0 unspecified atom stereocenters. The van der Waals surface area contributed by atoms with Crippen molar-refractivity contribution < 1.29 is 17.5 Å². The van der Waals surface area contributed by atoms with E-state index in [-0.39, 0.29) is 0 Å². The largest absolute Gasteiger partial charge is 0.394 e. The molecule has 0 aromatic heterocycles. The third kappa shape index (κ3) is 8.18. The Balaban J connectivity index is 0.000000385. The highest BCUT2D eigenvalue weighted by atomic mass is 32.3. The molecule has 0 saturated carbocycles. The highest BCUT2D eigenvalue weighted by Gasteiger charge is 1.94. The van der Waals surface area contributed by atoms with Crippen LogP contribution < -0.4 is 10.9 Å². The Bertz CT molecular complexity index is 423. The van der Waals surface area contributed by atoms with Gasteiger partial charge in [-0.1, -0.05) is 17.7 Å². The highest BCUT2D eigenvalue weighted by Crippen LogP contribution is 2.14. The van der Waals surface area contributed by atoms with Gasteiger partial charge >= 0.3 is 10.4 Å². The van der Waals surface area contributed by atoms with Gasteiger partial charge in [0.05, 0.1) is 5.69 Å². The summed E-state index contributed by atoms with van der Waals surface area (Å²) < 4.78 is 31.6. The monoisotopic (exact) mass is 248 g/mol. The Morgan fingerprint density at radius 2 is 1.69 bits per heavy atom. The summed E-state index contributed by atoms with van der Waals surface area (Å²) in [6.45, 7) is 4.18. The van der Waals surface area contributed by atoms with E-state index in [9.17, 15) is 0 Å². The molecule has 0 radical (unpaired) electrons. The number of rotatable bonds is 2. The lowest BCUT2D eigenvalue weighted by atomic mass is 10.1. The molecule has 4 N–H and O–H groups in total. The van der Waals surface area contributed by atoms with Gasteiger partial charge in [-0.3, -0.25) is 9.11 Å². The molecular formula is C9H16N2O4S. The van der Waals surface area contributed by atoms with Gasteiger partial charge in [-0.2, -0.15) is 8.42 Å². The van der Waals surface area contributed by atoms with Crippen LogP contribution in [0.3, 0.4) is 0 Å². The molecule has 1 rings (SSSR count). The maximum absolute atomic E-state index is 8.74. The average molecular weight is 248 g/mol. The SMILES string of the molecule is CNNc1ccc(C)cc1C.O=S(=O)(O)O. The summed E-state index contributed by atoms with van der Waals surface area (Å²) >= 11 is 0. The van der Waals surface area contributed by atoms with E-state index >= 15 is 0 Å². The molecule has 1 aromatic rings. The molecule has 0 aliphatic heterocycles. The predicted molar refractivity (Wildman–Crippen MR) is 62.8 cm³/mol. The van der Waals surface area contributed by atoms with E-state index in [4.69, 9.17) is 17.5 Å². The molecule has 0 bridgehead atoms. The minimum absolute atomic E-state index is 1.14. The third-order valence-corrected chi connectivity index (χ3v) is 1.64. The summed E-state index contributed by atoms with van der Waals surface area (Å²) in [6, 6.07) is 6.31. The Labute approximate surface area is 95.2 Å². The predicted octanol–water partition coefficient (Wildman–Crippen LogP) is 1.20. The van der Waals surface area contributed by atoms with E-state index in [0.717, 1.165) is 5.69 Å². The molecule has 7 heteroatoms. The quantitative estimate of drug-likeness (QED) is 0.463. The number of hydrazine groups is 1. The van der Waals surface area contributed by atoms with Crippen molar-refractivity contribution in [3.05, 3.63) is 29.3 Å². The van der Waals surface area contributed by atoms with Crippen LogP contribution in [-0.4, -0.2) is 24.6 Å². The van der Waals surface area contributed by atoms with Gasteiger partial charge in [-0.25, -0.2) is 5.43 Å². The molecule has 0 heterocycles. The molecule has 0 amide bonds. The summed E-state index contributed by atoms with van der Waals surface area (Å²) in [5.41, 5.74) is 9.64. The number of hydrogen-bond acceptors (Lipinski definition) is 4. The fourth-order valence-electron chi connectivity index (χ4n) is 1.09. The minimum Gasteiger partial charge on any atom is -0.321 e. The second-order valence-electron chi connectivity index (χ2n) is 3.14. The van der Waals surface area contributed by atoms with Crippen molar-refractivity contribution in [1.82, 2.24) is 5.43 Å². The fraction of sp³-hybridized carbons (Fsp3) is 0.333. The normalized spacial score (nSPS) is 10.3. The molecule has 0 spiro atoms. The summed E-state index contributed by atoms with van der Waals surface area (Å²) in [5.74, 6) is 0. The summed E-state index contributed by atoms with van der Waals surface area (Å²) in [6.07, 6.45) is 0. The Kier molecular flexibility index (Phi) is 5.97. The van der Waals surface area contributed by atoms with Gasteiger partial charge in [0, 0.05) is 7.05 Å². The van der Waals surface area contributed by atoms with Crippen LogP contribution in [-0.2, 0) is 10.4 Å². The van der Waals surface area contributed by atoms with Crippen molar-refractivity contribution in [1.29, 1.82) is 0 Å². The first kappa shape index (κ1) is 14.8. The zero-order chi connectivity index (χ0) is 12.8. The van der Waals surface area contributed by atoms with Crippen molar-refractivity contribution in [3.8, 4) is 0 Å². The number of benzene rings is 1. The minimum atomic E-state index is -4.67. The molecule has 0 fully saturated rings. The number of aryl methyl sites for hydroxylation is 2. The van der Waals surface area contributed by atoms with Gasteiger partial charge in [-0.15, -0.1) is 0 Å². The van der Waals surface area contributed by atoms with E-state index in [0.29, 0.717) is 0 Å². The standard InChI is InChI=1S/C9H14N2.H2O4S/c1-7-4-5-9(11-10-3)8(2)6-7;1-5(2,3)4/h4-6,10-11H,1-3H3;(H2,1,2,3,4). The van der Waals surface area contributed by atoms with Crippen molar-refractivity contribution in [2.24, 2.45) is 0 Å². The highest BCUT2D eigenvalue weighted by molar-refractivity contribution is 7.79. The van der Waals surface area contributed by atoms with E-state index in [1.54, 1.807) is 0 Å². The van der Waals surface area contributed by atoms with Gasteiger partial charge in [0.25, 0.3) is 0 Å². The topological polar surface area (TPSA) is 98.7 Å². The zero-order valence-corrected chi connectivity index (χ0v) is 10.2. The average Bonchev–Trinajstić information content (AvgIpc) is 2.07. The zero-order valence-electron chi connectivity index (χ0n) is 9.35. The van der Waals surface area contributed by atoms with Crippen LogP contribution in [0.1, 0.15) is 11.1 Å². The van der Waals surface area contributed by atoms with Crippen LogP contribution in [0.25, 0.3) is 0 Å². The molecule has 16 heavy (non-hydrogen) atoms. The third-order valence-electron chi connectivity index (χ3n) is 1.64. The van der Waals surface area contributed by atoms with Gasteiger partial charge in [0.15, 0.2) is 0 Å². The molecule has 92 valence electrons. The van der Waals surface area contributed by atoms with E-state index in [2.05, 4.69) is 42.9 Å². The van der Waals surface area contributed by atoms with Crippen LogP contribution in [0, 0.1) is 13.8 Å². The van der Waals surface area contributed by atoms with Gasteiger partial charge in [-0.05, 0) is 25.5 Å². The lowest BCUT2D eigenvalue weighted by Gasteiger charge is -2.07. The van der Waals surface area contributed by atoms with Crippen LogP contribution in [0.15, 0.2) is 18.2 Å². The van der Waals surface area contributed by atoms with Gasteiger partial charge in [0.1, 0.15) is 0 Å². The van der Waals surface area contributed by atoms with Crippen molar-refractivity contribution >= 4 is 16.1 Å². The first-order valence-corrected chi connectivity index (χ1v) is 5.83. The van der Waals surface area contributed by atoms with Crippen LogP contribution >= 0.6 is 0 Å². The van der Waals surface area contributed by atoms with Crippen molar-refractivity contribution in [2.75, 3.05) is 12.5 Å². The summed E-state index contributed by atoms with van der Waals surface area (Å²) in [4.78, 5) is 0. The summed E-state index contributed by atoms with van der Waals surface area (Å²) in [5, 5.41) is 0. The number of nitrogens with one attached hydrogen (secondary N) is 2. The second-order valence-corrected chi connectivity index (χ2v) is 4.04. The second kappa shape index (κ2) is 6.44. The van der Waals surface area contributed by atoms with Gasteiger partial charge in [0.2, 0.25) is 0 Å². The lowest BCUT2D eigenvalue weighted by molar-refractivity contribution is 0.381. The number of anilines is 1. The molecule has 0 aliphatic rings. The Hall–Kier alpha value is -1.15.